The Labute approximate surface area is 103 Å². The summed E-state index contributed by atoms with van der Waals surface area (Å²) >= 11 is 11.5. The van der Waals surface area contributed by atoms with Gasteiger partial charge in [-0.2, -0.15) is 0 Å². The molecule has 1 rings (SSSR count). The van der Waals surface area contributed by atoms with Crippen molar-refractivity contribution in [1.82, 2.24) is 0 Å². The fourth-order valence-electron chi connectivity index (χ4n) is 0.837. The number of benzene rings is 1. The van der Waals surface area contributed by atoms with Crippen molar-refractivity contribution in [2.75, 3.05) is 0 Å². The minimum absolute atomic E-state index is 0.469. The van der Waals surface area contributed by atoms with Gasteiger partial charge in [0.05, 0.1) is 10.7 Å². The van der Waals surface area contributed by atoms with E-state index < -0.39 is 5.97 Å². The summed E-state index contributed by atoms with van der Waals surface area (Å²) < 4.78 is 0. The lowest BCUT2D eigenvalue weighted by Gasteiger charge is -2.01. The molecular formula is C10H11Cl2NO3. The monoisotopic (exact) mass is 263 g/mol. The fourth-order valence-corrected chi connectivity index (χ4v) is 1.38. The molecule has 6 heteroatoms. The molecule has 0 radical (unpaired) electrons. The Bertz CT molecular complexity index is 401. The highest BCUT2D eigenvalue weighted by atomic mass is 35.5. The maximum absolute atomic E-state index is 9.00. The van der Waals surface area contributed by atoms with Crippen LogP contribution in [0.2, 0.25) is 10.0 Å². The van der Waals surface area contributed by atoms with Crippen LogP contribution in [0.1, 0.15) is 19.4 Å². The molecule has 0 spiro atoms. The van der Waals surface area contributed by atoms with Crippen molar-refractivity contribution in [3.63, 3.8) is 0 Å². The molecule has 0 atom stereocenters. The number of carbonyl (C=O) groups is 1. The van der Waals surface area contributed by atoms with Crippen LogP contribution in [0.3, 0.4) is 0 Å². The van der Waals surface area contributed by atoms with Gasteiger partial charge in [-0.1, -0.05) is 34.4 Å². The second kappa shape index (κ2) is 7.09. The summed E-state index contributed by atoms with van der Waals surface area (Å²) in [6.45, 7) is 2.75. The molecule has 1 aromatic rings. The zero-order valence-corrected chi connectivity index (χ0v) is 10.2. The summed E-state index contributed by atoms with van der Waals surface area (Å²) in [4.78, 5) is 9.00. The zero-order chi connectivity index (χ0) is 12.7. The Morgan fingerprint density at radius 1 is 1.31 bits per heavy atom. The standard InChI is InChI=1S/C8H7Cl2NO.C2H4O2/c1-5(11-12)7-3-2-6(9)4-8(7)10;1-2(3)4/h2-4,12H,1H3;1H3,(H,3,4). The normalized spacial score (nSPS) is 10.4. The molecule has 0 saturated heterocycles. The first-order valence-electron chi connectivity index (χ1n) is 4.22. The highest BCUT2D eigenvalue weighted by Crippen LogP contribution is 2.21. The molecule has 0 bridgehead atoms. The maximum atomic E-state index is 9.00. The molecule has 0 aliphatic heterocycles. The first kappa shape index (κ1) is 14.7. The summed E-state index contributed by atoms with van der Waals surface area (Å²) in [5, 5.41) is 20.0. The van der Waals surface area contributed by atoms with Gasteiger partial charge in [-0.3, -0.25) is 4.79 Å². The molecule has 0 aliphatic carbocycles. The topological polar surface area (TPSA) is 69.9 Å². The van der Waals surface area contributed by atoms with Gasteiger partial charge in [-0.05, 0) is 19.1 Å². The number of aliphatic carboxylic acids is 1. The summed E-state index contributed by atoms with van der Waals surface area (Å²) in [5.41, 5.74) is 1.15. The van der Waals surface area contributed by atoms with Crippen molar-refractivity contribution < 1.29 is 15.1 Å². The Balaban J connectivity index is 0.000000487. The van der Waals surface area contributed by atoms with Crippen LogP contribution in [0.25, 0.3) is 0 Å². The van der Waals surface area contributed by atoms with Gasteiger partial charge in [0.25, 0.3) is 5.97 Å². The van der Waals surface area contributed by atoms with Gasteiger partial charge in [0.1, 0.15) is 0 Å². The van der Waals surface area contributed by atoms with Crippen LogP contribution in [-0.2, 0) is 4.79 Å². The summed E-state index contributed by atoms with van der Waals surface area (Å²) in [7, 11) is 0. The molecule has 0 unspecified atom stereocenters. The first-order valence-corrected chi connectivity index (χ1v) is 4.97. The van der Waals surface area contributed by atoms with Gasteiger partial charge >= 0.3 is 0 Å². The molecule has 0 aromatic heterocycles. The second-order valence-electron chi connectivity index (χ2n) is 2.83. The smallest absolute Gasteiger partial charge is 0.300 e. The average molecular weight is 264 g/mol. The summed E-state index contributed by atoms with van der Waals surface area (Å²) in [6, 6.07) is 5.00. The van der Waals surface area contributed by atoms with E-state index in [1.165, 1.54) is 0 Å². The van der Waals surface area contributed by atoms with Crippen LogP contribution in [0.5, 0.6) is 0 Å². The minimum Gasteiger partial charge on any atom is -0.481 e. The van der Waals surface area contributed by atoms with Crippen molar-refractivity contribution in [2.24, 2.45) is 5.16 Å². The van der Waals surface area contributed by atoms with E-state index in [1.807, 2.05) is 0 Å². The van der Waals surface area contributed by atoms with Crippen LogP contribution < -0.4 is 0 Å². The first-order chi connectivity index (χ1) is 7.38. The van der Waals surface area contributed by atoms with E-state index in [0.29, 0.717) is 21.3 Å². The van der Waals surface area contributed by atoms with Crippen LogP contribution in [0.15, 0.2) is 23.4 Å². The van der Waals surface area contributed by atoms with Crippen LogP contribution in [0.4, 0.5) is 0 Å². The third-order valence-electron chi connectivity index (χ3n) is 1.47. The number of hydrogen-bond acceptors (Lipinski definition) is 3. The van der Waals surface area contributed by atoms with Gasteiger partial charge in [-0.25, -0.2) is 0 Å². The Morgan fingerprint density at radius 2 is 1.81 bits per heavy atom. The van der Waals surface area contributed by atoms with E-state index >= 15 is 0 Å². The third-order valence-corrected chi connectivity index (χ3v) is 2.02. The van der Waals surface area contributed by atoms with E-state index in [0.717, 1.165) is 6.92 Å². The number of nitrogens with zero attached hydrogens (tertiary/aromatic N) is 1. The highest BCUT2D eigenvalue weighted by molar-refractivity contribution is 6.36. The van der Waals surface area contributed by atoms with E-state index in [4.69, 9.17) is 38.3 Å². The zero-order valence-electron chi connectivity index (χ0n) is 8.74. The second-order valence-corrected chi connectivity index (χ2v) is 3.67. The Kier molecular flexibility index (Phi) is 6.53. The molecule has 0 aliphatic rings. The predicted octanol–water partition coefficient (Wildman–Crippen LogP) is 3.28. The highest BCUT2D eigenvalue weighted by Gasteiger charge is 2.03. The van der Waals surface area contributed by atoms with E-state index in [9.17, 15) is 0 Å². The molecule has 4 nitrogen and oxygen atoms in total. The maximum Gasteiger partial charge on any atom is 0.300 e. The Morgan fingerprint density at radius 3 is 2.19 bits per heavy atom. The van der Waals surface area contributed by atoms with Crippen LogP contribution in [-0.4, -0.2) is 22.0 Å². The van der Waals surface area contributed by atoms with E-state index in [-0.39, 0.29) is 0 Å². The van der Waals surface area contributed by atoms with Crippen molar-refractivity contribution in [2.45, 2.75) is 13.8 Å². The van der Waals surface area contributed by atoms with Gasteiger partial charge in [-0.15, -0.1) is 0 Å². The Hall–Kier alpha value is -1.26. The summed E-state index contributed by atoms with van der Waals surface area (Å²) in [5.74, 6) is -0.833. The minimum atomic E-state index is -0.833. The molecule has 0 heterocycles. The van der Waals surface area contributed by atoms with E-state index in [1.54, 1.807) is 25.1 Å². The lowest BCUT2D eigenvalue weighted by Crippen LogP contribution is -1.94. The number of carboxylic acids is 1. The number of oxime groups is 1. The number of rotatable bonds is 1. The average Bonchev–Trinajstić information content (AvgIpc) is 2.16. The molecule has 0 fully saturated rings. The third kappa shape index (κ3) is 5.58. The molecular weight excluding hydrogens is 253 g/mol. The van der Waals surface area contributed by atoms with Gasteiger partial charge in [0.2, 0.25) is 0 Å². The largest absolute Gasteiger partial charge is 0.481 e. The van der Waals surface area contributed by atoms with Gasteiger partial charge in [0, 0.05) is 17.5 Å². The van der Waals surface area contributed by atoms with Crippen molar-refractivity contribution in [1.29, 1.82) is 0 Å². The molecule has 2 N–H and O–H groups in total. The van der Waals surface area contributed by atoms with Gasteiger partial charge < -0.3 is 10.3 Å². The molecule has 0 saturated carbocycles. The van der Waals surface area contributed by atoms with Crippen molar-refractivity contribution in [3.05, 3.63) is 33.8 Å². The molecule has 88 valence electrons. The molecule has 0 amide bonds. The number of hydrogen-bond donors (Lipinski definition) is 2. The predicted molar refractivity (Wildman–Crippen MR) is 63.8 cm³/mol. The number of carboxylic acid groups (broad SMARTS) is 1. The van der Waals surface area contributed by atoms with Gasteiger partial charge in [0.15, 0.2) is 0 Å². The van der Waals surface area contributed by atoms with Crippen molar-refractivity contribution >= 4 is 34.9 Å². The SMILES string of the molecule is CC(=NO)c1ccc(Cl)cc1Cl.CC(=O)O. The van der Waals surface area contributed by atoms with E-state index in [2.05, 4.69) is 5.16 Å². The fraction of sp³-hybridized carbons (Fsp3) is 0.200. The quantitative estimate of drug-likeness (QED) is 0.464. The van der Waals surface area contributed by atoms with Crippen molar-refractivity contribution in [3.8, 4) is 0 Å². The molecule has 1 aromatic carbocycles. The lowest BCUT2D eigenvalue weighted by molar-refractivity contribution is -0.134. The van der Waals surface area contributed by atoms with Crippen LogP contribution >= 0.6 is 23.2 Å². The number of halogens is 2. The lowest BCUT2D eigenvalue weighted by atomic mass is 10.1. The molecule has 16 heavy (non-hydrogen) atoms. The van der Waals surface area contributed by atoms with Crippen LogP contribution in [0, 0.1) is 0 Å². The summed E-state index contributed by atoms with van der Waals surface area (Å²) in [6.07, 6.45) is 0.